The molecule has 1 unspecified atom stereocenters. The molecule has 1 aliphatic carbocycles. The molecule has 7 heteroatoms. The van der Waals surface area contributed by atoms with Crippen LogP contribution in [0.25, 0.3) is 5.70 Å². The van der Waals surface area contributed by atoms with Crippen LogP contribution in [0, 0.1) is 0 Å². The van der Waals surface area contributed by atoms with E-state index in [9.17, 15) is 23.1 Å². The van der Waals surface area contributed by atoms with Gasteiger partial charge in [-0.05, 0) is 49.1 Å². The summed E-state index contributed by atoms with van der Waals surface area (Å²) < 4.78 is 39.0. The number of nitrogens with one attached hydrogen (secondary N) is 1. The van der Waals surface area contributed by atoms with Gasteiger partial charge in [0.1, 0.15) is 0 Å². The Bertz CT molecular complexity index is 891. The second-order valence-electron chi connectivity index (χ2n) is 6.42. The van der Waals surface area contributed by atoms with Crippen LogP contribution in [0.2, 0.25) is 0 Å². The molecule has 0 heterocycles. The second kappa shape index (κ2) is 7.44. The number of benzene rings is 2. The highest BCUT2D eigenvalue weighted by Crippen LogP contribution is 2.38. The molecule has 2 aromatic carbocycles. The predicted octanol–water partition coefficient (Wildman–Crippen LogP) is 4.45. The number of aliphatic carboxylic acids is 1. The summed E-state index contributed by atoms with van der Waals surface area (Å²) in [4.78, 5) is 11.8. The zero-order valence-corrected chi connectivity index (χ0v) is 14.4. The summed E-state index contributed by atoms with van der Waals surface area (Å²) in [5.74, 6) is -1.12. The average molecular weight is 376 g/mol. The third-order valence-corrected chi connectivity index (χ3v) is 4.72. The lowest BCUT2D eigenvalue weighted by Gasteiger charge is -2.19. The van der Waals surface area contributed by atoms with Crippen molar-refractivity contribution in [2.24, 2.45) is 5.73 Å². The summed E-state index contributed by atoms with van der Waals surface area (Å²) in [6.45, 7) is 0.362. The molecule has 4 nitrogen and oxygen atoms in total. The van der Waals surface area contributed by atoms with Crippen LogP contribution in [0.5, 0.6) is 0 Å². The Balaban J connectivity index is 2.11. The average Bonchev–Trinajstić information content (AvgIpc) is 2.78. The van der Waals surface area contributed by atoms with Crippen molar-refractivity contribution < 1.29 is 23.1 Å². The minimum atomic E-state index is -4.48. The molecule has 0 amide bonds. The van der Waals surface area contributed by atoms with Crippen molar-refractivity contribution in [3.63, 3.8) is 0 Å². The fourth-order valence-electron chi connectivity index (χ4n) is 3.36. The van der Waals surface area contributed by atoms with Crippen LogP contribution < -0.4 is 11.1 Å². The van der Waals surface area contributed by atoms with E-state index in [1.807, 2.05) is 12.1 Å². The van der Waals surface area contributed by atoms with Gasteiger partial charge in [-0.2, -0.15) is 13.2 Å². The number of halogens is 3. The highest BCUT2D eigenvalue weighted by atomic mass is 19.4. The molecule has 3 rings (SSSR count). The fourth-order valence-corrected chi connectivity index (χ4v) is 3.36. The van der Waals surface area contributed by atoms with Gasteiger partial charge in [0.05, 0.1) is 16.8 Å². The summed E-state index contributed by atoms with van der Waals surface area (Å²) in [5, 5.41) is 12.6. The Morgan fingerprint density at radius 3 is 2.59 bits per heavy atom. The largest absolute Gasteiger partial charge is 0.478 e. The van der Waals surface area contributed by atoms with E-state index in [0.29, 0.717) is 24.2 Å². The molecule has 27 heavy (non-hydrogen) atoms. The van der Waals surface area contributed by atoms with Crippen LogP contribution in [0.15, 0.2) is 54.1 Å². The smallest absolute Gasteiger partial charge is 0.416 e. The number of carbonyl (C=O) groups is 1. The normalized spacial score (nSPS) is 17.3. The highest BCUT2D eigenvalue weighted by Gasteiger charge is 2.31. The van der Waals surface area contributed by atoms with E-state index >= 15 is 0 Å². The van der Waals surface area contributed by atoms with E-state index < -0.39 is 17.7 Å². The molecule has 4 N–H and O–H groups in total. The molecular weight excluding hydrogens is 357 g/mol. The molecule has 0 bridgehead atoms. The van der Waals surface area contributed by atoms with E-state index in [0.717, 1.165) is 17.7 Å². The van der Waals surface area contributed by atoms with E-state index in [2.05, 4.69) is 5.32 Å². The summed E-state index contributed by atoms with van der Waals surface area (Å²) in [7, 11) is 0. The van der Waals surface area contributed by atoms with E-state index in [1.54, 1.807) is 12.1 Å². The lowest BCUT2D eigenvalue weighted by Crippen LogP contribution is -2.13. The standard InChI is InChI=1S/C20H19F3N2O2/c21-20(22,23)13-4-3-5-14(10-13)25-18-16-7-2-1-6-15(16)12(11-24)8-9-17(18)19(26)27/h1-7,10,12,25H,8-9,11,24H2,(H,26,27). The molecule has 2 aromatic rings. The third-order valence-electron chi connectivity index (χ3n) is 4.72. The molecule has 0 aromatic heterocycles. The molecule has 0 radical (unpaired) electrons. The summed E-state index contributed by atoms with van der Waals surface area (Å²) in [5.41, 5.74) is 7.24. The van der Waals surface area contributed by atoms with Gasteiger partial charge in [-0.15, -0.1) is 0 Å². The number of alkyl halides is 3. The highest BCUT2D eigenvalue weighted by molar-refractivity contribution is 6.00. The molecule has 0 saturated heterocycles. The van der Waals surface area contributed by atoms with E-state index in [1.165, 1.54) is 12.1 Å². The first-order valence-electron chi connectivity index (χ1n) is 8.51. The number of nitrogens with two attached hydrogens (primary N) is 1. The summed E-state index contributed by atoms with van der Waals surface area (Å²) >= 11 is 0. The number of anilines is 1. The Morgan fingerprint density at radius 1 is 1.19 bits per heavy atom. The number of rotatable bonds is 4. The van der Waals surface area contributed by atoms with Crippen molar-refractivity contribution in [3.8, 4) is 0 Å². The second-order valence-corrected chi connectivity index (χ2v) is 6.42. The molecule has 1 atom stereocenters. The number of hydrogen-bond donors (Lipinski definition) is 3. The van der Waals surface area contributed by atoms with Crippen molar-refractivity contribution in [2.75, 3.05) is 11.9 Å². The van der Waals surface area contributed by atoms with Gasteiger partial charge in [-0.25, -0.2) is 4.79 Å². The van der Waals surface area contributed by atoms with Gasteiger partial charge >= 0.3 is 12.1 Å². The Kier molecular flexibility index (Phi) is 5.23. The van der Waals surface area contributed by atoms with Crippen molar-refractivity contribution >= 4 is 17.4 Å². The van der Waals surface area contributed by atoms with E-state index in [4.69, 9.17) is 5.73 Å². The van der Waals surface area contributed by atoms with Gasteiger partial charge in [0.25, 0.3) is 0 Å². The maximum absolute atomic E-state index is 13.0. The van der Waals surface area contributed by atoms with Crippen LogP contribution in [-0.4, -0.2) is 17.6 Å². The number of hydrogen-bond acceptors (Lipinski definition) is 3. The van der Waals surface area contributed by atoms with Gasteiger partial charge in [0, 0.05) is 11.3 Å². The maximum Gasteiger partial charge on any atom is 0.416 e. The third kappa shape index (κ3) is 3.98. The Labute approximate surface area is 154 Å². The quantitative estimate of drug-likeness (QED) is 0.737. The topological polar surface area (TPSA) is 75.4 Å². The van der Waals surface area contributed by atoms with Crippen molar-refractivity contribution in [1.29, 1.82) is 0 Å². The first-order chi connectivity index (χ1) is 12.8. The fraction of sp³-hybridized carbons (Fsp3) is 0.250. The first kappa shape index (κ1) is 19.0. The Hall–Kier alpha value is -2.80. The van der Waals surface area contributed by atoms with Gasteiger partial charge in [0.2, 0.25) is 0 Å². The monoisotopic (exact) mass is 376 g/mol. The van der Waals surface area contributed by atoms with Crippen LogP contribution in [0.1, 0.15) is 35.4 Å². The van der Waals surface area contributed by atoms with Gasteiger partial charge in [-0.3, -0.25) is 0 Å². The van der Waals surface area contributed by atoms with Crippen molar-refractivity contribution in [1.82, 2.24) is 0 Å². The first-order valence-corrected chi connectivity index (χ1v) is 8.51. The molecule has 0 aliphatic heterocycles. The van der Waals surface area contributed by atoms with Crippen LogP contribution >= 0.6 is 0 Å². The van der Waals surface area contributed by atoms with Crippen molar-refractivity contribution in [2.45, 2.75) is 24.9 Å². The summed E-state index contributed by atoms with van der Waals surface area (Å²) in [6.07, 6.45) is -3.65. The van der Waals surface area contributed by atoms with Crippen LogP contribution in [0.3, 0.4) is 0 Å². The number of fused-ring (bicyclic) bond motifs is 1. The number of carboxylic acid groups (broad SMARTS) is 1. The lowest BCUT2D eigenvalue weighted by atomic mass is 9.92. The Morgan fingerprint density at radius 2 is 1.93 bits per heavy atom. The van der Waals surface area contributed by atoms with Gasteiger partial charge in [0.15, 0.2) is 0 Å². The molecular formula is C20H19F3N2O2. The minimum Gasteiger partial charge on any atom is -0.478 e. The zero-order chi connectivity index (χ0) is 19.6. The van der Waals surface area contributed by atoms with Crippen molar-refractivity contribution in [3.05, 3.63) is 70.8 Å². The predicted molar refractivity (Wildman–Crippen MR) is 97.1 cm³/mol. The van der Waals surface area contributed by atoms with Crippen LogP contribution in [0.4, 0.5) is 18.9 Å². The minimum absolute atomic E-state index is 0.0173. The van der Waals surface area contributed by atoms with Crippen LogP contribution in [-0.2, 0) is 11.0 Å². The van der Waals surface area contributed by atoms with Gasteiger partial charge < -0.3 is 16.2 Å². The lowest BCUT2D eigenvalue weighted by molar-refractivity contribution is -0.137. The molecule has 0 saturated carbocycles. The maximum atomic E-state index is 13.0. The van der Waals surface area contributed by atoms with E-state index in [-0.39, 0.29) is 23.6 Å². The SMILES string of the molecule is NCC1CCC(C(=O)O)=C(Nc2cccc(C(F)(F)F)c2)c2ccccc21. The summed E-state index contributed by atoms with van der Waals surface area (Å²) in [6, 6.07) is 12.0. The van der Waals surface area contributed by atoms with Gasteiger partial charge in [-0.1, -0.05) is 30.3 Å². The molecule has 0 spiro atoms. The molecule has 1 aliphatic rings. The number of carboxylic acids is 1. The molecule has 142 valence electrons. The molecule has 0 fully saturated rings. The zero-order valence-electron chi connectivity index (χ0n) is 14.4.